The first-order valence-corrected chi connectivity index (χ1v) is 33.5. The Hall–Kier alpha value is -9.82. The third kappa shape index (κ3) is 19.3. The largest absolute Gasteiger partial charge is 0.508 e. The van der Waals surface area contributed by atoms with Crippen LogP contribution in [0, 0.1) is 81.2 Å². The fourth-order valence-electron chi connectivity index (χ4n) is 12.4. The third-order valence-corrected chi connectivity index (χ3v) is 18.7. The standard InChI is InChI=1S/2C20H22F2O.C19H16O.2C14H12F2O/c1-13-3-12-18(20(22)19(13)21)16-6-4-14(5-7-16)15-8-10-17(23-2)11-9-15;1-13-19(21)11-17(12-20(13)22)16-5-3-14(4-6-16)15-7-9-18(23-2)10-8-15;1-14-2-4-15(5-3-14)16-6-8-17(9-7-16)18-10-12-19(20)13-11-18;1-9-3-5-10(6-4-9)14-12(15)7-11(17-2)8-13(14)16;1-9-3-5-10(6-4-9)11-7-8-12(17-2)14(16)13(11)15/h3-7,12,15,17H,8-11H2,1-2H3;3-6,11-12,15,18H,7-10H2,1-2H3;2-13,20H,1H3;2*3-8H,1-2H3. The van der Waals surface area contributed by atoms with E-state index in [2.05, 4.69) is 67.6 Å². The molecule has 0 aromatic heterocycles. The predicted molar refractivity (Wildman–Crippen MR) is 387 cm³/mol. The molecule has 0 unspecified atom stereocenters. The summed E-state index contributed by atoms with van der Waals surface area (Å²) in [5, 5.41) is 9.32. The van der Waals surface area contributed by atoms with Crippen LogP contribution in [0.25, 0.3) is 66.8 Å². The smallest absolute Gasteiger partial charge is 0.201 e. The number of phenols is 1. The van der Waals surface area contributed by atoms with Crippen LogP contribution in [0.3, 0.4) is 0 Å². The number of ether oxygens (including phenoxy) is 4. The van der Waals surface area contributed by atoms with E-state index in [0.717, 1.165) is 84.7 Å². The van der Waals surface area contributed by atoms with Crippen molar-refractivity contribution in [2.24, 2.45) is 0 Å². The quantitative estimate of drug-likeness (QED) is 0.124. The summed E-state index contributed by atoms with van der Waals surface area (Å²) in [7, 11) is 6.23. The van der Waals surface area contributed by atoms with Crippen molar-refractivity contribution in [3.8, 4) is 84.0 Å². The van der Waals surface area contributed by atoms with E-state index in [9.17, 15) is 40.2 Å². The maximum absolute atomic E-state index is 14.1. The zero-order valence-corrected chi connectivity index (χ0v) is 57.9. The van der Waals surface area contributed by atoms with E-state index < -0.39 is 46.5 Å². The SMILES string of the molecule is COC1CCC(c2ccc(-c3cc(F)c(C)c(F)c3)cc2)CC1.COC1CCC(c2ccc(-c3ccc(C)c(F)c3F)cc2)CC1.COc1cc(F)c(-c2ccc(C)cc2)c(F)c1.COc1ccc(-c2ccc(C)cc2)c(F)c1F.Cc1ccc(-c2ccc(-c3ccc(O)cc3)cc2)cc1. The van der Waals surface area contributed by atoms with Gasteiger partial charge >= 0.3 is 0 Å². The Morgan fingerprint density at radius 3 is 1.05 bits per heavy atom. The number of aromatic hydroxyl groups is 1. The van der Waals surface area contributed by atoms with E-state index in [1.54, 1.807) is 69.7 Å². The average Bonchev–Trinajstić information content (AvgIpc) is 0.838. The first kappa shape index (κ1) is 74.4. The highest BCUT2D eigenvalue weighted by molar-refractivity contribution is 5.72. The van der Waals surface area contributed by atoms with Crippen molar-refractivity contribution in [3.05, 3.63) is 304 Å². The van der Waals surface area contributed by atoms with Crippen LogP contribution in [0.4, 0.5) is 35.1 Å². The van der Waals surface area contributed by atoms with Crippen LogP contribution in [0.15, 0.2) is 218 Å². The van der Waals surface area contributed by atoms with Gasteiger partial charge in [0.25, 0.3) is 0 Å². The second-order valence-corrected chi connectivity index (χ2v) is 25.4. The van der Waals surface area contributed by atoms with Crippen LogP contribution >= 0.6 is 0 Å². The number of rotatable bonds is 12. The lowest BCUT2D eigenvalue weighted by Crippen LogP contribution is -2.19. The first-order valence-electron chi connectivity index (χ1n) is 33.5. The Kier molecular flexibility index (Phi) is 26.3. The minimum atomic E-state index is -0.953. The summed E-state index contributed by atoms with van der Waals surface area (Å²) in [5.41, 5.74) is 14.9. The van der Waals surface area contributed by atoms with Crippen LogP contribution in [0.5, 0.6) is 17.2 Å². The van der Waals surface area contributed by atoms with Gasteiger partial charge in [-0.25, -0.2) is 30.7 Å². The topological polar surface area (TPSA) is 57.2 Å². The Bertz CT molecular complexity index is 4320. The van der Waals surface area contributed by atoms with Crippen LogP contribution in [0.2, 0.25) is 0 Å². The number of aryl methyl sites for hydroxylation is 4. The van der Waals surface area contributed by atoms with Crippen LogP contribution < -0.4 is 9.47 Å². The van der Waals surface area contributed by atoms with Crippen LogP contribution in [-0.4, -0.2) is 45.8 Å². The second-order valence-electron chi connectivity index (χ2n) is 25.4. The van der Waals surface area contributed by atoms with E-state index >= 15 is 0 Å². The monoisotopic (exact) mass is 1360 g/mol. The molecule has 11 aromatic carbocycles. The van der Waals surface area contributed by atoms with E-state index in [1.807, 2.05) is 86.6 Å². The number of methoxy groups -OCH3 is 4. The van der Waals surface area contributed by atoms with Crippen molar-refractivity contribution >= 4 is 0 Å². The van der Waals surface area contributed by atoms with Gasteiger partial charge in [0.15, 0.2) is 23.2 Å². The lowest BCUT2D eigenvalue weighted by atomic mass is 9.82. The molecule has 13 rings (SSSR count). The van der Waals surface area contributed by atoms with Crippen molar-refractivity contribution in [1.29, 1.82) is 0 Å². The molecule has 0 bridgehead atoms. The van der Waals surface area contributed by atoms with Crippen molar-refractivity contribution in [1.82, 2.24) is 0 Å². The number of benzene rings is 11. The zero-order chi connectivity index (χ0) is 71.6. The lowest BCUT2D eigenvalue weighted by molar-refractivity contribution is 0.0658. The maximum atomic E-state index is 14.1. The summed E-state index contributed by atoms with van der Waals surface area (Å²) in [6.45, 7) is 8.98. The lowest BCUT2D eigenvalue weighted by Gasteiger charge is -2.28. The summed E-state index contributed by atoms with van der Waals surface area (Å²) in [5.74, 6) is -4.11. The van der Waals surface area contributed by atoms with Gasteiger partial charge in [-0.1, -0.05) is 187 Å². The van der Waals surface area contributed by atoms with Gasteiger partial charge in [0.05, 0.1) is 32.0 Å². The molecular weight excluding hydrogens is 1280 g/mol. The fourth-order valence-corrected chi connectivity index (χ4v) is 12.4. The van der Waals surface area contributed by atoms with Gasteiger partial charge in [-0.2, -0.15) is 4.39 Å². The number of hydrogen-bond donors (Lipinski definition) is 1. The molecule has 0 heterocycles. The number of hydrogen-bond acceptors (Lipinski definition) is 5. The summed E-state index contributed by atoms with van der Waals surface area (Å²) < 4.78 is 130. The molecule has 0 saturated heterocycles. The molecule has 2 aliphatic carbocycles. The molecule has 0 radical (unpaired) electrons. The molecule has 0 amide bonds. The van der Waals surface area contributed by atoms with E-state index in [4.69, 9.17) is 18.9 Å². The summed E-state index contributed by atoms with van der Waals surface area (Å²) in [6, 6.07) is 65.9. The molecule has 13 heteroatoms. The van der Waals surface area contributed by atoms with Crippen LogP contribution in [0.1, 0.15) is 102 Å². The molecule has 0 aliphatic heterocycles. The molecule has 2 saturated carbocycles. The minimum Gasteiger partial charge on any atom is -0.508 e. The van der Waals surface area contributed by atoms with E-state index in [-0.39, 0.29) is 28.2 Å². The Balaban J connectivity index is 0.000000147. The van der Waals surface area contributed by atoms with Gasteiger partial charge in [-0.05, 0) is 201 Å². The Morgan fingerprint density at radius 1 is 0.310 bits per heavy atom. The highest BCUT2D eigenvalue weighted by Gasteiger charge is 2.25. The molecule has 11 aromatic rings. The normalized spacial score (nSPS) is 15.4. The molecule has 100 heavy (non-hydrogen) atoms. The molecule has 518 valence electrons. The number of phenolic OH excluding ortho intramolecular Hbond substituents is 1. The van der Waals surface area contributed by atoms with Gasteiger partial charge in [-0.15, -0.1) is 0 Å². The fraction of sp³-hybridized carbons (Fsp3) is 0.241. The zero-order valence-electron chi connectivity index (χ0n) is 57.9. The average molecular weight is 1360 g/mol. The molecule has 2 fully saturated rings. The Labute approximate surface area is 582 Å². The summed E-state index contributed by atoms with van der Waals surface area (Å²) >= 11 is 0. The maximum Gasteiger partial charge on any atom is 0.201 e. The van der Waals surface area contributed by atoms with E-state index in [0.29, 0.717) is 57.6 Å². The van der Waals surface area contributed by atoms with Crippen molar-refractivity contribution in [3.63, 3.8) is 0 Å². The van der Waals surface area contributed by atoms with Crippen molar-refractivity contribution in [2.75, 3.05) is 28.4 Å². The van der Waals surface area contributed by atoms with Gasteiger partial charge < -0.3 is 24.1 Å². The van der Waals surface area contributed by atoms with Gasteiger partial charge in [-0.3, -0.25) is 0 Å². The second kappa shape index (κ2) is 35.3. The van der Waals surface area contributed by atoms with E-state index in [1.165, 1.54) is 85.4 Å². The molecule has 1 N–H and O–H groups in total. The van der Waals surface area contributed by atoms with Crippen molar-refractivity contribution < 1.29 is 59.2 Å². The van der Waals surface area contributed by atoms with Crippen LogP contribution in [-0.2, 0) is 9.47 Å². The van der Waals surface area contributed by atoms with Gasteiger partial charge in [0, 0.05) is 43.0 Å². The minimum absolute atomic E-state index is 0.0224. The van der Waals surface area contributed by atoms with Crippen molar-refractivity contribution in [2.45, 2.75) is 110 Å². The highest BCUT2D eigenvalue weighted by Crippen LogP contribution is 2.39. The number of halogens is 8. The van der Waals surface area contributed by atoms with Gasteiger partial charge in [0.2, 0.25) is 5.82 Å². The molecule has 0 atom stereocenters. The molecule has 0 spiro atoms. The molecule has 5 nitrogen and oxygen atoms in total. The summed E-state index contributed by atoms with van der Waals surface area (Å²) in [6.07, 6.45) is 9.63. The first-order chi connectivity index (χ1) is 48.1. The molecule has 2 aliphatic rings. The highest BCUT2D eigenvalue weighted by atomic mass is 19.2. The molecular formula is C87H84F8O5. The third-order valence-electron chi connectivity index (χ3n) is 18.7. The Morgan fingerprint density at radius 2 is 0.650 bits per heavy atom. The van der Waals surface area contributed by atoms with Gasteiger partial charge in [0.1, 0.15) is 34.8 Å². The predicted octanol–water partition coefficient (Wildman–Crippen LogP) is 24.2. The summed E-state index contributed by atoms with van der Waals surface area (Å²) in [4.78, 5) is 0.